The van der Waals surface area contributed by atoms with Crippen LogP contribution in [0.1, 0.15) is 18.4 Å². The van der Waals surface area contributed by atoms with Crippen LogP contribution in [0.5, 0.6) is 0 Å². The normalized spacial score (nSPS) is 15.7. The van der Waals surface area contributed by atoms with Gasteiger partial charge in [-0.25, -0.2) is 4.39 Å². The van der Waals surface area contributed by atoms with Gasteiger partial charge in [0.25, 0.3) is 0 Å². The number of benzene rings is 2. The highest BCUT2D eigenvalue weighted by Crippen LogP contribution is 2.51. The molecule has 1 aliphatic carbocycles. The number of hydrogen-bond donors (Lipinski definition) is 1. The number of carbonyl (C=O) groups excluding carboxylic acids is 1. The van der Waals surface area contributed by atoms with Crippen LogP contribution in [-0.2, 0) is 10.2 Å². The van der Waals surface area contributed by atoms with Crippen molar-refractivity contribution in [1.82, 2.24) is 0 Å². The van der Waals surface area contributed by atoms with Gasteiger partial charge in [-0.2, -0.15) is 0 Å². The fourth-order valence-electron chi connectivity index (χ4n) is 2.40. The van der Waals surface area contributed by atoms with Gasteiger partial charge in [-0.05, 0) is 36.6 Å². The standard InChI is InChI=1S/C16H13ClFNO/c17-12-6-2-1-5-11(12)16(9-10-16)15(20)19-14-8-4-3-7-13(14)18/h1-8H,9-10H2,(H,19,20). The first-order valence-corrected chi connectivity index (χ1v) is 6.82. The molecule has 0 bridgehead atoms. The van der Waals surface area contributed by atoms with Gasteiger partial charge in [-0.3, -0.25) is 4.79 Å². The molecule has 2 aromatic rings. The summed E-state index contributed by atoms with van der Waals surface area (Å²) in [5.41, 5.74) is 0.409. The Balaban J connectivity index is 1.88. The number of anilines is 1. The molecule has 20 heavy (non-hydrogen) atoms. The summed E-state index contributed by atoms with van der Waals surface area (Å²) in [5, 5.41) is 3.24. The van der Waals surface area contributed by atoms with Gasteiger partial charge < -0.3 is 5.32 Å². The molecule has 0 spiro atoms. The summed E-state index contributed by atoms with van der Waals surface area (Å²) in [4.78, 5) is 12.5. The smallest absolute Gasteiger partial charge is 0.235 e. The molecule has 1 fully saturated rings. The monoisotopic (exact) mass is 289 g/mol. The molecule has 1 amide bonds. The first kappa shape index (κ1) is 13.1. The quantitative estimate of drug-likeness (QED) is 0.903. The van der Waals surface area contributed by atoms with E-state index in [9.17, 15) is 9.18 Å². The number of hydrogen-bond acceptors (Lipinski definition) is 1. The van der Waals surface area contributed by atoms with Gasteiger partial charge in [0.1, 0.15) is 5.82 Å². The van der Waals surface area contributed by atoms with Crippen molar-refractivity contribution in [2.24, 2.45) is 0 Å². The Kier molecular flexibility index (Phi) is 3.22. The largest absolute Gasteiger partial charge is 0.323 e. The Morgan fingerprint density at radius 2 is 1.75 bits per heavy atom. The Morgan fingerprint density at radius 1 is 1.10 bits per heavy atom. The molecule has 0 saturated heterocycles. The molecule has 102 valence electrons. The van der Waals surface area contributed by atoms with E-state index in [2.05, 4.69) is 5.32 Å². The number of amides is 1. The second-order valence-electron chi connectivity index (χ2n) is 5.00. The second-order valence-corrected chi connectivity index (χ2v) is 5.40. The van der Waals surface area contributed by atoms with Crippen LogP contribution in [0.3, 0.4) is 0 Å². The zero-order valence-corrected chi connectivity index (χ0v) is 11.5. The fourth-order valence-corrected chi connectivity index (χ4v) is 2.71. The molecule has 0 aliphatic heterocycles. The predicted octanol–water partition coefficient (Wildman–Crippen LogP) is 4.15. The predicted molar refractivity (Wildman–Crippen MR) is 77.4 cm³/mol. The molecule has 2 aromatic carbocycles. The third-order valence-electron chi connectivity index (χ3n) is 3.70. The van der Waals surface area contributed by atoms with E-state index in [1.54, 1.807) is 24.3 Å². The lowest BCUT2D eigenvalue weighted by Crippen LogP contribution is -2.28. The third kappa shape index (κ3) is 2.18. The van der Waals surface area contributed by atoms with Gasteiger partial charge in [-0.15, -0.1) is 0 Å². The number of rotatable bonds is 3. The van der Waals surface area contributed by atoms with Crippen LogP contribution in [-0.4, -0.2) is 5.91 Å². The molecule has 1 saturated carbocycles. The molecule has 0 aromatic heterocycles. The minimum absolute atomic E-state index is 0.198. The average molecular weight is 290 g/mol. The van der Waals surface area contributed by atoms with Crippen molar-refractivity contribution < 1.29 is 9.18 Å². The maximum atomic E-state index is 13.6. The zero-order valence-electron chi connectivity index (χ0n) is 10.7. The van der Waals surface area contributed by atoms with Crippen molar-refractivity contribution in [3.8, 4) is 0 Å². The van der Waals surface area contributed by atoms with Crippen LogP contribution in [0.2, 0.25) is 5.02 Å². The SMILES string of the molecule is O=C(Nc1ccccc1F)C1(c2ccccc2Cl)CC1. The average Bonchev–Trinajstić information content (AvgIpc) is 3.23. The van der Waals surface area contributed by atoms with Crippen LogP contribution >= 0.6 is 11.6 Å². The molecule has 4 heteroatoms. The maximum absolute atomic E-state index is 13.6. The van der Waals surface area contributed by atoms with E-state index in [1.165, 1.54) is 6.07 Å². The number of nitrogens with one attached hydrogen (secondary N) is 1. The van der Waals surface area contributed by atoms with Crippen molar-refractivity contribution in [3.05, 3.63) is 64.9 Å². The van der Waals surface area contributed by atoms with Crippen LogP contribution in [0, 0.1) is 5.82 Å². The maximum Gasteiger partial charge on any atom is 0.235 e. The number of para-hydroxylation sites is 1. The summed E-state index contributed by atoms with van der Waals surface area (Å²) in [7, 11) is 0. The van der Waals surface area contributed by atoms with Gasteiger partial charge in [0.15, 0.2) is 0 Å². The van der Waals surface area contributed by atoms with Gasteiger partial charge in [0.05, 0.1) is 11.1 Å². The van der Waals surface area contributed by atoms with Gasteiger partial charge in [0.2, 0.25) is 5.91 Å². The summed E-state index contributed by atoms with van der Waals surface area (Å²) >= 11 is 6.17. The first-order chi connectivity index (χ1) is 9.63. The summed E-state index contributed by atoms with van der Waals surface area (Å²) < 4.78 is 13.6. The molecule has 0 atom stereocenters. The van der Waals surface area contributed by atoms with Gasteiger partial charge in [0, 0.05) is 5.02 Å². The molecular weight excluding hydrogens is 277 g/mol. The highest BCUT2D eigenvalue weighted by atomic mass is 35.5. The minimum Gasteiger partial charge on any atom is -0.323 e. The second kappa shape index (κ2) is 4.91. The van der Waals surface area contributed by atoms with E-state index in [1.807, 2.05) is 18.2 Å². The Hall–Kier alpha value is -1.87. The van der Waals surface area contributed by atoms with Crippen LogP contribution in [0.4, 0.5) is 10.1 Å². The summed E-state index contributed by atoms with van der Waals surface area (Å²) in [6, 6.07) is 13.5. The van der Waals surface area contributed by atoms with E-state index in [4.69, 9.17) is 11.6 Å². The lowest BCUT2D eigenvalue weighted by atomic mass is 9.95. The van der Waals surface area contributed by atoms with E-state index in [0.29, 0.717) is 5.02 Å². The van der Waals surface area contributed by atoms with Crippen LogP contribution in [0.25, 0.3) is 0 Å². The van der Waals surface area contributed by atoms with Gasteiger partial charge in [-0.1, -0.05) is 41.9 Å². The van der Waals surface area contributed by atoms with Crippen molar-refractivity contribution >= 4 is 23.2 Å². The molecule has 0 radical (unpaired) electrons. The van der Waals surface area contributed by atoms with E-state index in [0.717, 1.165) is 18.4 Å². The lowest BCUT2D eigenvalue weighted by molar-refractivity contribution is -0.118. The molecule has 3 rings (SSSR count). The summed E-state index contributed by atoms with van der Waals surface area (Å²) in [6.07, 6.45) is 1.47. The highest BCUT2D eigenvalue weighted by molar-refractivity contribution is 6.32. The topological polar surface area (TPSA) is 29.1 Å². The molecule has 1 aliphatic rings. The summed E-state index contributed by atoms with van der Waals surface area (Å²) in [6.45, 7) is 0. The first-order valence-electron chi connectivity index (χ1n) is 6.44. The van der Waals surface area contributed by atoms with Crippen molar-refractivity contribution in [1.29, 1.82) is 0 Å². The number of halogens is 2. The molecule has 2 nitrogen and oxygen atoms in total. The van der Waals surface area contributed by atoms with Crippen molar-refractivity contribution in [2.75, 3.05) is 5.32 Å². The van der Waals surface area contributed by atoms with E-state index < -0.39 is 11.2 Å². The summed E-state index contributed by atoms with van der Waals surface area (Å²) in [5.74, 6) is -0.633. The fraction of sp³-hybridized carbons (Fsp3) is 0.188. The zero-order chi connectivity index (χ0) is 14.2. The van der Waals surface area contributed by atoms with Crippen LogP contribution < -0.4 is 5.32 Å². The minimum atomic E-state index is -0.610. The Labute approximate surface area is 121 Å². The van der Waals surface area contributed by atoms with Crippen LogP contribution in [0.15, 0.2) is 48.5 Å². The molecular formula is C16H13ClFNO. The third-order valence-corrected chi connectivity index (χ3v) is 4.03. The van der Waals surface area contributed by atoms with Crippen molar-refractivity contribution in [2.45, 2.75) is 18.3 Å². The van der Waals surface area contributed by atoms with Crippen molar-refractivity contribution in [3.63, 3.8) is 0 Å². The highest BCUT2D eigenvalue weighted by Gasteiger charge is 2.52. The van der Waals surface area contributed by atoms with E-state index in [-0.39, 0.29) is 11.6 Å². The van der Waals surface area contributed by atoms with E-state index >= 15 is 0 Å². The molecule has 0 unspecified atom stereocenters. The molecule has 0 heterocycles. The number of carbonyl (C=O) groups is 1. The Morgan fingerprint density at radius 3 is 2.40 bits per heavy atom. The molecule has 1 N–H and O–H groups in total. The Bertz CT molecular complexity index is 667. The lowest BCUT2D eigenvalue weighted by Gasteiger charge is -2.17. The van der Waals surface area contributed by atoms with Gasteiger partial charge >= 0.3 is 0 Å².